The minimum Gasteiger partial charge on any atom is -0.379 e. The zero-order chi connectivity index (χ0) is 13.0. The maximum atomic E-state index is 13.5. The molecular formula is C13H18F2N2O. The molecule has 0 amide bonds. The molecule has 3 nitrogen and oxygen atoms in total. The molecule has 1 atom stereocenters. The molecule has 1 unspecified atom stereocenters. The fourth-order valence-electron chi connectivity index (χ4n) is 2.07. The van der Waals surface area contributed by atoms with Crippen molar-refractivity contribution in [2.24, 2.45) is 0 Å². The van der Waals surface area contributed by atoms with Crippen molar-refractivity contribution in [1.82, 2.24) is 5.32 Å². The van der Waals surface area contributed by atoms with E-state index in [0.717, 1.165) is 25.6 Å². The van der Waals surface area contributed by atoms with Gasteiger partial charge in [-0.1, -0.05) is 0 Å². The lowest BCUT2D eigenvalue weighted by Crippen LogP contribution is -2.43. The van der Waals surface area contributed by atoms with Crippen LogP contribution in [0.5, 0.6) is 0 Å². The molecule has 1 N–H and O–H groups in total. The molecule has 0 radical (unpaired) electrons. The molecule has 0 aliphatic carbocycles. The number of nitrogens with zero attached hydrogens (tertiary/aromatic N) is 1. The number of morpholine rings is 1. The fraction of sp³-hybridized carbons (Fsp3) is 0.538. The second-order valence-corrected chi connectivity index (χ2v) is 4.53. The average molecular weight is 256 g/mol. The molecule has 0 spiro atoms. The maximum Gasteiger partial charge on any atom is 0.149 e. The Morgan fingerprint density at radius 2 is 2.28 bits per heavy atom. The molecule has 1 saturated heterocycles. The average Bonchev–Trinajstić information content (AvgIpc) is 2.37. The Bertz CT molecular complexity index is 395. The second kappa shape index (κ2) is 6.11. The van der Waals surface area contributed by atoms with Crippen LogP contribution in [0.2, 0.25) is 0 Å². The van der Waals surface area contributed by atoms with Gasteiger partial charge in [-0.05, 0) is 18.6 Å². The van der Waals surface area contributed by atoms with E-state index in [1.165, 1.54) is 12.1 Å². The van der Waals surface area contributed by atoms with Crippen molar-refractivity contribution in [2.45, 2.75) is 12.5 Å². The number of nitrogens with one attached hydrogen (secondary N) is 1. The number of benzene rings is 1. The summed E-state index contributed by atoms with van der Waals surface area (Å²) in [4.78, 5) is 1.80. The number of rotatable bonds is 4. The zero-order valence-corrected chi connectivity index (χ0v) is 10.5. The van der Waals surface area contributed by atoms with E-state index >= 15 is 0 Å². The van der Waals surface area contributed by atoms with Gasteiger partial charge in [-0.25, -0.2) is 8.78 Å². The molecule has 0 saturated carbocycles. The van der Waals surface area contributed by atoms with E-state index < -0.39 is 11.6 Å². The first kappa shape index (κ1) is 13.2. The SMILES string of the molecule is CN(CCC1COCCN1)c1ccc(F)cc1F. The van der Waals surface area contributed by atoms with Gasteiger partial charge in [0.1, 0.15) is 11.6 Å². The Kier molecular flexibility index (Phi) is 4.49. The van der Waals surface area contributed by atoms with Crippen molar-refractivity contribution in [3.63, 3.8) is 0 Å². The lowest BCUT2D eigenvalue weighted by atomic mass is 10.2. The first-order chi connectivity index (χ1) is 8.66. The van der Waals surface area contributed by atoms with Gasteiger partial charge in [-0.3, -0.25) is 0 Å². The van der Waals surface area contributed by atoms with E-state index in [0.29, 0.717) is 24.9 Å². The van der Waals surface area contributed by atoms with Crippen LogP contribution in [0.1, 0.15) is 6.42 Å². The van der Waals surface area contributed by atoms with Crippen molar-refractivity contribution in [2.75, 3.05) is 38.3 Å². The highest BCUT2D eigenvalue weighted by Gasteiger charge is 2.15. The minimum absolute atomic E-state index is 0.310. The Labute approximate surface area is 106 Å². The van der Waals surface area contributed by atoms with Gasteiger partial charge >= 0.3 is 0 Å². The highest BCUT2D eigenvalue weighted by molar-refractivity contribution is 5.46. The smallest absolute Gasteiger partial charge is 0.149 e. The van der Waals surface area contributed by atoms with Crippen molar-refractivity contribution >= 4 is 5.69 Å². The molecule has 1 aromatic carbocycles. The standard InChI is InChI=1S/C13H18F2N2O/c1-17(6-4-11-9-18-7-5-16-11)13-3-2-10(14)8-12(13)15/h2-3,8,11,16H,4-7,9H2,1H3. The molecule has 5 heteroatoms. The third-order valence-corrected chi connectivity index (χ3v) is 3.13. The molecule has 1 aromatic rings. The van der Waals surface area contributed by atoms with Crippen LogP contribution in [-0.2, 0) is 4.74 Å². The van der Waals surface area contributed by atoms with Crippen LogP contribution in [0, 0.1) is 11.6 Å². The summed E-state index contributed by atoms with van der Waals surface area (Å²) in [7, 11) is 1.81. The van der Waals surface area contributed by atoms with E-state index in [2.05, 4.69) is 5.32 Å². The number of halogens is 2. The van der Waals surface area contributed by atoms with Crippen molar-refractivity contribution in [3.05, 3.63) is 29.8 Å². The summed E-state index contributed by atoms with van der Waals surface area (Å²) in [5, 5.41) is 3.34. The third-order valence-electron chi connectivity index (χ3n) is 3.13. The first-order valence-corrected chi connectivity index (χ1v) is 6.14. The number of ether oxygens (including phenoxy) is 1. The van der Waals surface area contributed by atoms with Gasteiger partial charge in [0.25, 0.3) is 0 Å². The van der Waals surface area contributed by atoms with E-state index in [-0.39, 0.29) is 0 Å². The lowest BCUT2D eigenvalue weighted by molar-refractivity contribution is 0.0749. The summed E-state index contributed by atoms with van der Waals surface area (Å²) >= 11 is 0. The first-order valence-electron chi connectivity index (χ1n) is 6.14. The second-order valence-electron chi connectivity index (χ2n) is 4.53. The lowest BCUT2D eigenvalue weighted by Gasteiger charge is -2.27. The molecule has 0 bridgehead atoms. The van der Waals surface area contributed by atoms with E-state index in [9.17, 15) is 8.78 Å². The highest BCUT2D eigenvalue weighted by Crippen LogP contribution is 2.19. The van der Waals surface area contributed by atoms with Crippen molar-refractivity contribution in [3.8, 4) is 0 Å². The Hall–Kier alpha value is -1.20. The van der Waals surface area contributed by atoms with Crippen LogP contribution >= 0.6 is 0 Å². The van der Waals surface area contributed by atoms with Gasteiger partial charge in [-0.15, -0.1) is 0 Å². The molecule has 18 heavy (non-hydrogen) atoms. The molecule has 1 aliphatic heterocycles. The van der Waals surface area contributed by atoms with Gasteiger partial charge in [0.2, 0.25) is 0 Å². The molecule has 2 rings (SSSR count). The number of hydrogen-bond donors (Lipinski definition) is 1. The summed E-state index contributed by atoms with van der Waals surface area (Å²) in [5.41, 5.74) is 0.424. The Morgan fingerprint density at radius 3 is 2.94 bits per heavy atom. The van der Waals surface area contributed by atoms with Gasteiger partial charge in [-0.2, -0.15) is 0 Å². The van der Waals surface area contributed by atoms with Crippen molar-refractivity contribution in [1.29, 1.82) is 0 Å². The summed E-state index contributed by atoms with van der Waals surface area (Å²) < 4.78 is 31.7. The zero-order valence-electron chi connectivity index (χ0n) is 10.5. The van der Waals surface area contributed by atoms with E-state index in [1.807, 2.05) is 0 Å². The van der Waals surface area contributed by atoms with Gasteiger partial charge < -0.3 is 15.0 Å². The largest absolute Gasteiger partial charge is 0.379 e. The maximum absolute atomic E-state index is 13.5. The molecule has 100 valence electrons. The summed E-state index contributed by atoms with van der Waals surface area (Å²) in [6.07, 6.45) is 0.868. The van der Waals surface area contributed by atoms with E-state index in [4.69, 9.17) is 4.74 Å². The molecule has 1 fully saturated rings. The van der Waals surface area contributed by atoms with Crippen LogP contribution < -0.4 is 10.2 Å². The number of anilines is 1. The summed E-state index contributed by atoms with van der Waals surface area (Å²) in [6.45, 7) is 3.00. The topological polar surface area (TPSA) is 24.5 Å². The monoisotopic (exact) mass is 256 g/mol. The van der Waals surface area contributed by atoms with Gasteiger partial charge in [0, 0.05) is 32.2 Å². The highest BCUT2D eigenvalue weighted by atomic mass is 19.1. The summed E-state index contributed by atoms with van der Waals surface area (Å²) in [6, 6.07) is 3.96. The minimum atomic E-state index is -0.549. The molecule has 0 aromatic heterocycles. The molecular weight excluding hydrogens is 238 g/mol. The van der Waals surface area contributed by atoms with Gasteiger partial charge in [0.05, 0.1) is 18.9 Å². The van der Waals surface area contributed by atoms with Crippen LogP contribution in [0.25, 0.3) is 0 Å². The predicted octanol–water partition coefficient (Wildman–Crippen LogP) is 1.78. The quantitative estimate of drug-likeness (QED) is 0.888. The Balaban J connectivity index is 1.88. The van der Waals surface area contributed by atoms with Crippen LogP contribution in [-0.4, -0.2) is 39.4 Å². The number of hydrogen-bond acceptors (Lipinski definition) is 3. The van der Waals surface area contributed by atoms with Gasteiger partial charge in [0.15, 0.2) is 0 Å². The molecule has 1 aliphatic rings. The van der Waals surface area contributed by atoms with Crippen LogP contribution in [0.15, 0.2) is 18.2 Å². The van der Waals surface area contributed by atoms with E-state index in [1.54, 1.807) is 11.9 Å². The predicted molar refractivity (Wildman–Crippen MR) is 66.9 cm³/mol. The van der Waals surface area contributed by atoms with Crippen LogP contribution in [0.4, 0.5) is 14.5 Å². The van der Waals surface area contributed by atoms with Crippen molar-refractivity contribution < 1.29 is 13.5 Å². The summed E-state index contributed by atoms with van der Waals surface area (Å²) in [5.74, 6) is -1.07. The Morgan fingerprint density at radius 1 is 1.44 bits per heavy atom. The molecule has 1 heterocycles. The fourth-order valence-corrected chi connectivity index (χ4v) is 2.07. The third kappa shape index (κ3) is 3.40. The van der Waals surface area contributed by atoms with Crippen LogP contribution in [0.3, 0.4) is 0 Å². The normalized spacial score (nSPS) is 19.8.